The Hall–Kier alpha value is -1.37. The van der Waals surface area contributed by atoms with Crippen LogP contribution in [0.2, 0.25) is 0 Å². The topological polar surface area (TPSA) is 12.4 Å². The molecule has 2 aliphatic rings. The number of hydrogen-bond acceptors (Lipinski definition) is 1. The summed E-state index contributed by atoms with van der Waals surface area (Å²) in [6, 6.07) is 4.61. The van der Waals surface area contributed by atoms with E-state index in [2.05, 4.69) is 44.0 Å². The number of fused-ring (bicyclic) bond motifs is 1. The first-order chi connectivity index (χ1) is 10.6. The number of hydrogen-bond donors (Lipinski definition) is 0. The quantitative estimate of drug-likeness (QED) is 0.560. The molecule has 0 atom stereocenters. The number of allylic oxidation sites excluding steroid dienone is 1. The lowest BCUT2D eigenvalue weighted by molar-refractivity contribution is 0.392. The van der Waals surface area contributed by atoms with Crippen LogP contribution in [0.25, 0.3) is 0 Å². The van der Waals surface area contributed by atoms with Crippen LogP contribution in [0.15, 0.2) is 29.4 Å². The molecule has 1 nitrogen and oxygen atoms in total. The van der Waals surface area contributed by atoms with Crippen LogP contribution in [0, 0.1) is 12.3 Å². The van der Waals surface area contributed by atoms with Crippen molar-refractivity contribution in [1.82, 2.24) is 0 Å². The van der Waals surface area contributed by atoms with Crippen molar-refractivity contribution in [3.05, 3.63) is 46.7 Å². The summed E-state index contributed by atoms with van der Waals surface area (Å²) in [5.41, 5.74) is 7.39. The minimum Gasteiger partial charge on any atom is -0.256 e. The second kappa shape index (κ2) is 9.61. The highest BCUT2D eigenvalue weighted by molar-refractivity contribution is 6.12. The predicted octanol–water partition coefficient (Wildman–Crippen LogP) is 6.51. The highest BCUT2D eigenvalue weighted by Crippen LogP contribution is 2.38. The van der Waals surface area contributed by atoms with Crippen LogP contribution in [0.5, 0.6) is 0 Å². The molecule has 0 unspecified atom stereocenters. The molecule has 1 heteroatoms. The van der Waals surface area contributed by atoms with Gasteiger partial charge in [0.2, 0.25) is 0 Å². The highest BCUT2D eigenvalue weighted by atomic mass is 14.7. The first kappa shape index (κ1) is 20.6. The zero-order valence-corrected chi connectivity index (χ0v) is 16.2. The maximum atomic E-state index is 4.28. The van der Waals surface area contributed by atoms with E-state index in [4.69, 9.17) is 0 Å². The van der Waals surface area contributed by atoms with Crippen molar-refractivity contribution in [3.63, 3.8) is 0 Å². The number of benzene rings is 1. The van der Waals surface area contributed by atoms with Gasteiger partial charge in [-0.25, -0.2) is 0 Å². The van der Waals surface area contributed by atoms with Gasteiger partial charge in [-0.15, -0.1) is 0 Å². The number of aliphatic imine (C=N–C) groups is 1. The molecule has 22 heavy (non-hydrogen) atoms. The first-order valence-corrected chi connectivity index (χ1v) is 8.92. The normalized spacial score (nSPS) is 15.6. The van der Waals surface area contributed by atoms with E-state index in [1.807, 2.05) is 47.7 Å². The molecule has 1 aromatic carbocycles. The molecule has 0 radical (unpaired) electrons. The van der Waals surface area contributed by atoms with E-state index in [1.54, 1.807) is 5.56 Å². The molecule has 1 aromatic rings. The van der Waals surface area contributed by atoms with E-state index in [-0.39, 0.29) is 0 Å². The first-order valence-electron chi connectivity index (χ1n) is 8.92. The standard InChI is InChI=1S/C15H17N.3C2H6/c1-10-6-11(14-4-5-16-14)7-12-8-15(2,3)9-13(10)12;3*1-2/h4-7H,8-9H2,1-3H3;3*1-2H3. The fraction of sp³-hybridized carbons (Fsp3) is 0.571. The fourth-order valence-electron chi connectivity index (χ4n) is 2.83. The van der Waals surface area contributed by atoms with Crippen LogP contribution < -0.4 is 0 Å². The lowest BCUT2D eigenvalue weighted by atomic mass is 9.90. The molecule has 1 aliphatic heterocycles. The average Bonchev–Trinajstić information content (AvgIpc) is 2.79. The molecule has 3 rings (SSSR count). The molecule has 0 N–H and O–H groups in total. The van der Waals surface area contributed by atoms with Crippen LogP contribution in [-0.4, -0.2) is 5.71 Å². The molecule has 0 saturated carbocycles. The van der Waals surface area contributed by atoms with Gasteiger partial charge in [-0.2, -0.15) is 0 Å². The number of nitrogens with zero attached hydrogens (tertiary/aromatic N) is 1. The molecule has 0 spiro atoms. The van der Waals surface area contributed by atoms with Crippen LogP contribution in [-0.2, 0) is 12.8 Å². The highest BCUT2D eigenvalue weighted by Gasteiger charge is 2.29. The van der Waals surface area contributed by atoms with Crippen molar-refractivity contribution in [2.75, 3.05) is 0 Å². The second-order valence-corrected chi connectivity index (χ2v) is 5.78. The van der Waals surface area contributed by atoms with E-state index < -0.39 is 0 Å². The Morgan fingerprint density at radius 2 is 1.45 bits per heavy atom. The summed E-state index contributed by atoms with van der Waals surface area (Å²) in [7, 11) is 0. The average molecular weight is 302 g/mol. The summed E-state index contributed by atoms with van der Waals surface area (Å²) in [6.45, 7) is 18.9. The van der Waals surface area contributed by atoms with Crippen molar-refractivity contribution in [2.45, 2.75) is 75.2 Å². The van der Waals surface area contributed by atoms with E-state index in [1.165, 1.54) is 29.5 Å². The van der Waals surface area contributed by atoms with Crippen molar-refractivity contribution in [2.24, 2.45) is 10.4 Å². The lowest BCUT2D eigenvalue weighted by Crippen LogP contribution is -2.09. The zero-order chi connectivity index (χ0) is 17.3. The van der Waals surface area contributed by atoms with Crippen LogP contribution in [0.4, 0.5) is 0 Å². The molecule has 0 aromatic heterocycles. The van der Waals surface area contributed by atoms with Crippen LogP contribution in [0.1, 0.15) is 77.6 Å². The molecule has 1 aliphatic carbocycles. The van der Waals surface area contributed by atoms with Gasteiger partial charge in [0.15, 0.2) is 0 Å². The third-order valence-electron chi connectivity index (χ3n) is 3.63. The van der Waals surface area contributed by atoms with Gasteiger partial charge >= 0.3 is 0 Å². The summed E-state index contributed by atoms with van der Waals surface area (Å²) in [5, 5.41) is 0. The van der Waals surface area contributed by atoms with E-state index in [0.717, 1.165) is 5.71 Å². The third kappa shape index (κ3) is 4.83. The Balaban J connectivity index is 0.000000661. The van der Waals surface area contributed by atoms with Crippen molar-refractivity contribution < 1.29 is 0 Å². The SMILES string of the molecule is CC.CC.CC.Cc1cc(C2=NC=C2)cc2c1CC(C)(C)C2. The van der Waals surface area contributed by atoms with E-state index >= 15 is 0 Å². The van der Waals surface area contributed by atoms with E-state index in [0.29, 0.717) is 5.41 Å². The summed E-state index contributed by atoms with van der Waals surface area (Å²) >= 11 is 0. The number of aryl methyl sites for hydroxylation is 1. The van der Waals surface area contributed by atoms with Gasteiger partial charge in [0.1, 0.15) is 0 Å². The third-order valence-corrected chi connectivity index (χ3v) is 3.63. The monoisotopic (exact) mass is 301 g/mol. The molecule has 1 heterocycles. The van der Waals surface area contributed by atoms with Crippen molar-refractivity contribution >= 4 is 5.71 Å². The molecule has 0 bridgehead atoms. The second-order valence-electron chi connectivity index (χ2n) is 5.78. The molecule has 0 fully saturated rings. The van der Waals surface area contributed by atoms with Crippen molar-refractivity contribution in [3.8, 4) is 0 Å². The van der Waals surface area contributed by atoms with Crippen LogP contribution in [0.3, 0.4) is 0 Å². The molecule has 0 saturated heterocycles. The van der Waals surface area contributed by atoms with Gasteiger partial charge in [0, 0.05) is 11.8 Å². The lowest BCUT2D eigenvalue weighted by Gasteiger charge is -2.15. The summed E-state index contributed by atoms with van der Waals surface area (Å²) in [6.07, 6.45) is 6.37. The Kier molecular flexibility index (Phi) is 9.01. The van der Waals surface area contributed by atoms with Gasteiger partial charge in [0.25, 0.3) is 0 Å². The zero-order valence-electron chi connectivity index (χ0n) is 16.2. The Labute approximate surface area is 138 Å². The molecule has 124 valence electrons. The van der Waals surface area contributed by atoms with Gasteiger partial charge in [-0.3, -0.25) is 4.99 Å². The van der Waals surface area contributed by atoms with Crippen molar-refractivity contribution in [1.29, 1.82) is 0 Å². The Morgan fingerprint density at radius 3 is 1.91 bits per heavy atom. The summed E-state index contributed by atoms with van der Waals surface area (Å²) < 4.78 is 0. The molecular weight excluding hydrogens is 266 g/mol. The Bertz CT molecular complexity index is 519. The predicted molar refractivity (Wildman–Crippen MR) is 102 cm³/mol. The smallest absolute Gasteiger partial charge is 0.0717 e. The van der Waals surface area contributed by atoms with Gasteiger partial charge in [0.05, 0.1) is 5.71 Å². The van der Waals surface area contributed by atoms with E-state index in [9.17, 15) is 0 Å². The van der Waals surface area contributed by atoms with Gasteiger partial charge in [-0.1, -0.05) is 55.4 Å². The maximum absolute atomic E-state index is 4.28. The minimum absolute atomic E-state index is 0.434. The largest absolute Gasteiger partial charge is 0.256 e. The summed E-state index contributed by atoms with van der Waals surface area (Å²) in [4.78, 5) is 4.28. The van der Waals surface area contributed by atoms with Gasteiger partial charge in [-0.05, 0) is 60.1 Å². The fourth-order valence-corrected chi connectivity index (χ4v) is 2.83. The maximum Gasteiger partial charge on any atom is 0.0717 e. The van der Waals surface area contributed by atoms with Gasteiger partial charge < -0.3 is 0 Å². The molecule has 0 amide bonds. The number of rotatable bonds is 1. The minimum atomic E-state index is 0.434. The van der Waals surface area contributed by atoms with Crippen LogP contribution >= 0.6 is 0 Å². The Morgan fingerprint density at radius 1 is 0.909 bits per heavy atom. The summed E-state index contributed by atoms with van der Waals surface area (Å²) in [5.74, 6) is 0. The molecular formula is C21H35N.